The van der Waals surface area contributed by atoms with Gasteiger partial charge in [0, 0.05) is 6.07 Å². The average molecular weight is 276 g/mol. The van der Waals surface area contributed by atoms with Crippen molar-refractivity contribution in [1.82, 2.24) is 4.98 Å². The molecular weight excluding hydrogens is 267 g/mol. The molecule has 0 aliphatic carbocycles. The van der Waals surface area contributed by atoms with Crippen molar-refractivity contribution in [2.45, 2.75) is 0 Å². The zero-order valence-electron chi connectivity index (χ0n) is 10.0. The molecule has 20 heavy (non-hydrogen) atoms. The van der Waals surface area contributed by atoms with Crippen LogP contribution in [0, 0.1) is 15.9 Å². The second-order valence-corrected chi connectivity index (χ2v) is 3.85. The summed E-state index contributed by atoms with van der Waals surface area (Å²) in [6, 6.07) is 5.80. The summed E-state index contributed by atoms with van der Waals surface area (Å²) in [5, 5.41) is 12.7. The van der Waals surface area contributed by atoms with Gasteiger partial charge in [0.05, 0.1) is 28.6 Å². The zero-order chi connectivity index (χ0) is 14.7. The van der Waals surface area contributed by atoms with Gasteiger partial charge in [0.15, 0.2) is 5.82 Å². The number of anilines is 2. The normalized spacial score (nSPS) is 10.1. The number of rotatable bonds is 3. The van der Waals surface area contributed by atoms with E-state index in [0.29, 0.717) is 5.69 Å². The summed E-state index contributed by atoms with van der Waals surface area (Å²) in [5.74, 6) is -1.54. The number of nitrogens with zero attached hydrogens (tertiary/aromatic N) is 2. The molecule has 0 atom stereocenters. The lowest BCUT2D eigenvalue weighted by molar-refractivity contribution is -0.385. The highest BCUT2D eigenvalue weighted by atomic mass is 19.1. The number of nitrogens with two attached hydrogens (primary N) is 1. The van der Waals surface area contributed by atoms with Crippen LogP contribution in [0.15, 0.2) is 36.5 Å². The smallest absolute Gasteiger partial charge is 0.274 e. The Morgan fingerprint density at radius 2 is 2.10 bits per heavy atom. The Bertz CT molecular complexity index is 673. The van der Waals surface area contributed by atoms with E-state index in [1.165, 1.54) is 18.3 Å². The van der Waals surface area contributed by atoms with Crippen LogP contribution < -0.4 is 11.1 Å². The van der Waals surface area contributed by atoms with Crippen molar-refractivity contribution >= 4 is 23.0 Å². The standard InChI is InChI=1S/C12H9FN4O3/c13-9-5-8(17(19)20)2-4-10(9)16-12(18)11-3-1-7(14)6-15-11/h1-6H,14H2,(H,16,18). The summed E-state index contributed by atoms with van der Waals surface area (Å²) in [4.78, 5) is 25.3. The summed E-state index contributed by atoms with van der Waals surface area (Å²) in [6.45, 7) is 0. The molecule has 1 amide bonds. The largest absolute Gasteiger partial charge is 0.397 e. The fraction of sp³-hybridized carbons (Fsp3) is 0. The Kier molecular flexibility index (Phi) is 3.56. The summed E-state index contributed by atoms with van der Waals surface area (Å²) in [5.41, 5.74) is 5.31. The first-order chi connectivity index (χ1) is 9.47. The van der Waals surface area contributed by atoms with Crippen molar-refractivity contribution in [2.24, 2.45) is 0 Å². The molecule has 8 heteroatoms. The third-order valence-electron chi connectivity index (χ3n) is 2.43. The van der Waals surface area contributed by atoms with E-state index in [0.717, 1.165) is 18.2 Å². The number of carbonyl (C=O) groups excluding carboxylic acids is 1. The lowest BCUT2D eigenvalue weighted by atomic mass is 10.2. The van der Waals surface area contributed by atoms with Gasteiger partial charge in [-0.2, -0.15) is 0 Å². The average Bonchev–Trinajstić information content (AvgIpc) is 2.41. The molecule has 3 N–H and O–H groups in total. The van der Waals surface area contributed by atoms with Crippen molar-refractivity contribution < 1.29 is 14.1 Å². The van der Waals surface area contributed by atoms with Crippen LogP contribution in [0.25, 0.3) is 0 Å². The summed E-state index contributed by atoms with van der Waals surface area (Å²) >= 11 is 0. The van der Waals surface area contributed by atoms with Gasteiger partial charge in [-0.25, -0.2) is 9.37 Å². The molecule has 0 aliphatic heterocycles. The van der Waals surface area contributed by atoms with E-state index in [9.17, 15) is 19.3 Å². The predicted molar refractivity (Wildman–Crippen MR) is 69.7 cm³/mol. The van der Waals surface area contributed by atoms with Crippen LogP contribution in [0.1, 0.15) is 10.5 Å². The maximum absolute atomic E-state index is 13.6. The fourth-order valence-corrected chi connectivity index (χ4v) is 1.44. The molecule has 102 valence electrons. The first-order valence-electron chi connectivity index (χ1n) is 5.44. The fourth-order valence-electron chi connectivity index (χ4n) is 1.44. The van der Waals surface area contributed by atoms with Crippen molar-refractivity contribution in [3.05, 3.63) is 58.2 Å². The van der Waals surface area contributed by atoms with E-state index in [4.69, 9.17) is 5.73 Å². The Hall–Kier alpha value is -3.03. The molecule has 0 saturated heterocycles. The minimum atomic E-state index is -0.900. The van der Waals surface area contributed by atoms with E-state index in [1.54, 1.807) is 0 Å². The lowest BCUT2D eigenvalue weighted by Crippen LogP contribution is -2.14. The number of aromatic nitrogens is 1. The number of hydrogen-bond acceptors (Lipinski definition) is 5. The van der Waals surface area contributed by atoms with Gasteiger partial charge in [-0.3, -0.25) is 14.9 Å². The Morgan fingerprint density at radius 3 is 2.65 bits per heavy atom. The third-order valence-corrected chi connectivity index (χ3v) is 2.43. The number of halogens is 1. The molecule has 2 rings (SSSR count). The highest BCUT2D eigenvalue weighted by Gasteiger charge is 2.14. The zero-order valence-corrected chi connectivity index (χ0v) is 10.0. The summed E-state index contributed by atoms with van der Waals surface area (Å²) in [6.07, 6.45) is 1.29. The Balaban J connectivity index is 2.19. The molecular formula is C12H9FN4O3. The van der Waals surface area contributed by atoms with E-state index >= 15 is 0 Å². The van der Waals surface area contributed by atoms with Crippen LogP contribution >= 0.6 is 0 Å². The second-order valence-electron chi connectivity index (χ2n) is 3.85. The predicted octanol–water partition coefficient (Wildman–Crippen LogP) is 1.96. The van der Waals surface area contributed by atoms with Gasteiger partial charge >= 0.3 is 0 Å². The maximum atomic E-state index is 13.6. The monoisotopic (exact) mass is 276 g/mol. The number of benzene rings is 1. The number of nitrogens with one attached hydrogen (secondary N) is 1. The molecule has 2 aromatic rings. The first-order valence-corrected chi connectivity index (χ1v) is 5.44. The molecule has 1 aromatic carbocycles. The second kappa shape index (κ2) is 5.31. The Morgan fingerprint density at radius 1 is 1.35 bits per heavy atom. The van der Waals surface area contributed by atoms with Crippen LogP contribution in [0.4, 0.5) is 21.5 Å². The molecule has 7 nitrogen and oxygen atoms in total. The molecule has 1 heterocycles. The summed E-state index contributed by atoms with van der Waals surface area (Å²) < 4.78 is 13.6. The van der Waals surface area contributed by atoms with Crippen molar-refractivity contribution in [3.63, 3.8) is 0 Å². The molecule has 0 saturated carbocycles. The first kappa shape index (κ1) is 13.4. The van der Waals surface area contributed by atoms with Gasteiger partial charge in [-0.15, -0.1) is 0 Å². The Labute approximate surface area is 112 Å². The van der Waals surface area contributed by atoms with E-state index < -0.39 is 22.3 Å². The van der Waals surface area contributed by atoms with Gasteiger partial charge < -0.3 is 11.1 Å². The van der Waals surface area contributed by atoms with Crippen LogP contribution in [-0.2, 0) is 0 Å². The van der Waals surface area contributed by atoms with Crippen LogP contribution in [-0.4, -0.2) is 15.8 Å². The topological polar surface area (TPSA) is 111 Å². The number of carbonyl (C=O) groups is 1. The highest BCUT2D eigenvalue weighted by molar-refractivity contribution is 6.03. The molecule has 0 bridgehead atoms. The number of nitro groups is 1. The quantitative estimate of drug-likeness (QED) is 0.657. The van der Waals surface area contributed by atoms with Crippen molar-refractivity contribution in [2.75, 3.05) is 11.1 Å². The maximum Gasteiger partial charge on any atom is 0.274 e. The SMILES string of the molecule is Nc1ccc(C(=O)Nc2ccc([N+](=O)[O-])cc2F)nc1. The highest BCUT2D eigenvalue weighted by Crippen LogP contribution is 2.20. The third kappa shape index (κ3) is 2.86. The number of pyridine rings is 1. The minimum Gasteiger partial charge on any atom is -0.397 e. The van der Waals surface area contributed by atoms with Crippen LogP contribution in [0.5, 0.6) is 0 Å². The van der Waals surface area contributed by atoms with Crippen molar-refractivity contribution in [1.29, 1.82) is 0 Å². The van der Waals surface area contributed by atoms with E-state index in [1.807, 2.05) is 0 Å². The molecule has 1 aromatic heterocycles. The van der Waals surface area contributed by atoms with Gasteiger partial charge in [0.2, 0.25) is 0 Å². The lowest BCUT2D eigenvalue weighted by Gasteiger charge is -2.05. The number of non-ortho nitro benzene ring substituents is 1. The van der Waals surface area contributed by atoms with E-state index in [-0.39, 0.29) is 11.4 Å². The molecule has 0 unspecified atom stereocenters. The van der Waals surface area contributed by atoms with Crippen molar-refractivity contribution in [3.8, 4) is 0 Å². The van der Waals surface area contributed by atoms with Gasteiger partial charge in [0.1, 0.15) is 5.69 Å². The number of hydrogen-bond donors (Lipinski definition) is 2. The summed E-state index contributed by atoms with van der Waals surface area (Å²) in [7, 11) is 0. The molecule has 0 radical (unpaired) electrons. The van der Waals surface area contributed by atoms with Gasteiger partial charge in [-0.1, -0.05) is 0 Å². The van der Waals surface area contributed by atoms with Gasteiger partial charge in [0.25, 0.3) is 11.6 Å². The minimum absolute atomic E-state index is 0.0527. The number of nitro benzene ring substituents is 1. The van der Waals surface area contributed by atoms with E-state index in [2.05, 4.69) is 10.3 Å². The van der Waals surface area contributed by atoms with Crippen LogP contribution in [0.2, 0.25) is 0 Å². The number of nitrogen functional groups attached to an aromatic ring is 1. The number of amides is 1. The molecule has 0 spiro atoms. The van der Waals surface area contributed by atoms with Gasteiger partial charge in [-0.05, 0) is 18.2 Å². The molecule has 0 aliphatic rings. The van der Waals surface area contributed by atoms with Crippen LogP contribution in [0.3, 0.4) is 0 Å². The molecule has 0 fully saturated rings.